The molecule has 0 unspecified atom stereocenters. The zero-order chi connectivity index (χ0) is 9.50. The van der Waals surface area contributed by atoms with Crippen molar-refractivity contribution in [3.8, 4) is 0 Å². The fourth-order valence-corrected chi connectivity index (χ4v) is 3.38. The first-order valence-corrected chi connectivity index (χ1v) is 6.81. The topological polar surface area (TPSA) is 23.1 Å². The van der Waals surface area contributed by atoms with E-state index in [0.717, 1.165) is 0 Å². The molecule has 0 aromatic carbocycles. The molecule has 0 N–H and O–H groups in total. The minimum Gasteiger partial charge on any atom is -0.846 e. The van der Waals surface area contributed by atoms with Crippen LogP contribution in [0.25, 0.3) is 0 Å². The molecule has 0 saturated carbocycles. The maximum Gasteiger partial charge on any atom is 1.00 e. The van der Waals surface area contributed by atoms with Gasteiger partial charge in [-0.1, -0.05) is 41.5 Å². The van der Waals surface area contributed by atoms with Gasteiger partial charge in [-0.2, -0.15) is 11.1 Å². The van der Waals surface area contributed by atoms with E-state index in [-0.39, 0.29) is 28.9 Å². The molecular weight excluding hydrogens is 183 g/mol. The van der Waals surface area contributed by atoms with Crippen molar-refractivity contribution in [2.45, 2.75) is 51.6 Å². The van der Waals surface area contributed by atoms with Gasteiger partial charge in [0.25, 0.3) is 0 Å². The van der Waals surface area contributed by atoms with Crippen LogP contribution in [0.3, 0.4) is 0 Å². The van der Waals surface area contributed by atoms with E-state index in [0.29, 0.717) is 0 Å². The minimum atomic E-state index is -2.88. The fraction of sp³-hybridized carbons (Fsp3) is 1.00. The molecule has 0 aliphatic carbocycles. The third kappa shape index (κ3) is 3.08. The van der Waals surface area contributed by atoms with E-state index < -0.39 is 7.63 Å². The van der Waals surface area contributed by atoms with E-state index >= 15 is 0 Å². The van der Waals surface area contributed by atoms with Gasteiger partial charge in [0, 0.05) is 0 Å². The molecule has 0 aliphatic rings. The first-order valence-electron chi connectivity index (χ1n) is 3.89. The molecule has 1 nitrogen and oxygen atoms in total. The van der Waals surface area contributed by atoms with Gasteiger partial charge in [-0.25, -0.2) is 0 Å². The summed E-state index contributed by atoms with van der Waals surface area (Å²) in [7, 11) is -2.88. The Balaban J connectivity index is 0. The van der Waals surface area contributed by atoms with Crippen LogP contribution < -0.4 is 23.7 Å². The van der Waals surface area contributed by atoms with Gasteiger partial charge in [0.1, 0.15) is 0 Å². The van der Waals surface area contributed by atoms with E-state index in [1.54, 1.807) is 0 Å². The van der Waals surface area contributed by atoms with E-state index in [1.165, 1.54) is 0 Å². The first-order chi connectivity index (χ1) is 4.50. The second-order valence-electron chi connectivity index (χ2n) is 5.10. The summed E-state index contributed by atoms with van der Waals surface area (Å²) in [5.74, 6) is 0. The molecular formula is C8H18ClLiOSi. The quantitative estimate of drug-likeness (QED) is 0.387. The van der Waals surface area contributed by atoms with Gasteiger partial charge in [-0.3, -0.25) is 0 Å². The Hall–Kier alpha value is 1.06. The number of hydrogen-bond acceptors (Lipinski definition) is 1. The Morgan fingerprint density at radius 3 is 1.08 bits per heavy atom. The van der Waals surface area contributed by atoms with Crippen LogP contribution in [-0.4, -0.2) is 7.63 Å². The molecule has 0 radical (unpaired) electrons. The Labute approximate surface area is 93.9 Å². The van der Waals surface area contributed by atoms with Crippen LogP contribution in [0.2, 0.25) is 10.1 Å². The predicted molar refractivity (Wildman–Crippen MR) is 51.0 cm³/mol. The van der Waals surface area contributed by atoms with Crippen molar-refractivity contribution in [1.29, 1.82) is 0 Å². The van der Waals surface area contributed by atoms with E-state index in [9.17, 15) is 4.80 Å². The Morgan fingerprint density at radius 1 is 0.917 bits per heavy atom. The van der Waals surface area contributed by atoms with Gasteiger partial charge < -0.3 is 4.80 Å². The molecule has 0 aromatic rings. The van der Waals surface area contributed by atoms with Gasteiger partial charge >= 0.3 is 18.9 Å². The summed E-state index contributed by atoms with van der Waals surface area (Å²) in [5, 5.41) is -0.542. The summed E-state index contributed by atoms with van der Waals surface area (Å²) in [4.78, 5) is 12.1. The molecule has 0 fully saturated rings. The Kier molecular flexibility index (Phi) is 5.26. The summed E-state index contributed by atoms with van der Waals surface area (Å²) in [6.07, 6.45) is 0. The number of halogens is 1. The van der Waals surface area contributed by atoms with Crippen molar-refractivity contribution >= 4 is 18.7 Å². The first kappa shape index (κ1) is 15.5. The van der Waals surface area contributed by atoms with Crippen LogP contribution in [0, 0.1) is 0 Å². The maximum absolute atomic E-state index is 12.1. The third-order valence-corrected chi connectivity index (χ3v) is 9.19. The molecule has 12 heavy (non-hydrogen) atoms. The summed E-state index contributed by atoms with van der Waals surface area (Å²) in [6, 6.07) is 0. The standard InChI is InChI=1S/C8H18ClOSi.Li/c1-7(2,3)11(9,10)8(4,5)6;/h1-6H3;/q-1;+1. The molecule has 0 aliphatic heterocycles. The van der Waals surface area contributed by atoms with Crippen LogP contribution in [0.4, 0.5) is 0 Å². The molecule has 68 valence electrons. The van der Waals surface area contributed by atoms with Crippen molar-refractivity contribution in [3.63, 3.8) is 0 Å². The zero-order valence-electron chi connectivity index (χ0n) is 9.29. The number of hydrogen-bond donors (Lipinski definition) is 0. The predicted octanol–water partition coefficient (Wildman–Crippen LogP) is -0.368. The number of rotatable bonds is 0. The maximum atomic E-state index is 12.1. The Bertz CT molecular complexity index is 130. The molecule has 4 heteroatoms. The normalized spacial score (nSPS) is 14.0. The zero-order valence-corrected chi connectivity index (χ0v) is 11.0. The van der Waals surface area contributed by atoms with E-state index in [1.807, 2.05) is 41.5 Å². The van der Waals surface area contributed by atoms with Crippen LogP contribution in [0.15, 0.2) is 0 Å². The van der Waals surface area contributed by atoms with Crippen molar-refractivity contribution in [1.82, 2.24) is 0 Å². The molecule has 0 aromatic heterocycles. The van der Waals surface area contributed by atoms with Crippen molar-refractivity contribution < 1.29 is 23.7 Å². The fourth-order valence-electron chi connectivity index (χ4n) is 1.12. The molecule has 0 heterocycles. The van der Waals surface area contributed by atoms with Gasteiger partial charge in [0.15, 0.2) is 0 Å². The van der Waals surface area contributed by atoms with Crippen molar-refractivity contribution in [2.24, 2.45) is 0 Å². The second-order valence-corrected chi connectivity index (χ2v) is 10.9. The summed E-state index contributed by atoms with van der Waals surface area (Å²) in [5.41, 5.74) is 0. The van der Waals surface area contributed by atoms with E-state index in [4.69, 9.17) is 11.1 Å². The molecule has 0 spiro atoms. The largest absolute Gasteiger partial charge is 1.00 e. The van der Waals surface area contributed by atoms with Crippen LogP contribution >= 0.6 is 11.1 Å². The van der Waals surface area contributed by atoms with Gasteiger partial charge in [0.05, 0.1) is 7.63 Å². The summed E-state index contributed by atoms with van der Waals surface area (Å²) < 4.78 is 0. The molecule has 0 rings (SSSR count). The van der Waals surface area contributed by atoms with Gasteiger partial charge in [0.2, 0.25) is 0 Å². The average molecular weight is 201 g/mol. The van der Waals surface area contributed by atoms with Gasteiger partial charge in [-0.05, 0) is 10.1 Å². The van der Waals surface area contributed by atoms with E-state index in [2.05, 4.69) is 0 Å². The van der Waals surface area contributed by atoms with Crippen molar-refractivity contribution in [2.75, 3.05) is 0 Å². The molecule has 0 atom stereocenters. The third-order valence-electron chi connectivity index (χ3n) is 1.93. The average Bonchev–Trinajstić information content (AvgIpc) is 1.58. The second kappa shape index (κ2) is 4.06. The minimum absolute atomic E-state index is 0. The SMILES string of the molecule is CC(C)(C)[Si]([O-])(Cl)C(C)(C)C.[Li+]. The van der Waals surface area contributed by atoms with Crippen molar-refractivity contribution in [3.05, 3.63) is 0 Å². The smallest absolute Gasteiger partial charge is 0.846 e. The van der Waals surface area contributed by atoms with Crippen LogP contribution in [0.5, 0.6) is 0 Å². The monoisotopic (exact) mass is 200 g/mol. The summed E-state index contributed by atoms with van der Waals surface area (Å²) >= 11 is 6.07. The van der Waals surface area contributed by atoms with Gasteiger partial charge in [-0.15, -0.1) is 0 Å². The molecule has 0 saturated heterocycles. The Morgan fingerprint density at radius 2 is 1.08 bits per heavy atom. The van der Waals surface area contributed by atoms with Crippen LogP contribution in [0.1, 0.15) is 41.5 Å². The molecule has 0 amide bonds. The van der Waals surface area contributed by atoms with Crippen LogP contribution in [-0.2, 0) is 0 Å². The molecule has 0 bridgehead atoms. The summed E-state index contributed by atoms with van der Waals surface area (Å²) in [6.45, 7) is 11.6.